The van der Waals surface area contributed by atoms with Crippen LogP contribution in [0.2, 0.25) is 0 Å². The van der Waals surface area contributed by atoms with Gasteiger partial charge in [-0.25, -0.2) is 0 Å². The highest BCUT2D eigenvalue weighted by Gasteiger charge is 2.22. The fourth-order valence-corrected chi connectivity index (χ4v) is 3.33. The van der Waals surface area contributed by atoms with Crippen LogP contribution in [-0.2, 0) is 4.79 Å². The summed E-state index contributed by atoms with van der Waals surface area (Å²) in [5.41, 5.74) is 0. The maximum Gasteiger partial charge on any atom is 0.220 e. The summed E-state index contributed by atoms with van der Waals surface area (Å²) in [7, 11) is 0. The first kappa shape index (κ1) is 16.8. The summed E-state index contributed by atoms with van der Waals surface area (Å²) in [5, 5.41) is 6.50. The minimum Gasteiger partial charge on any atom is -0.356 e. The van der Waals surface area contributed by atoms with Gasteiger partial charge < -0.3 is 10.6 Å². The van der Waals surface area contributed by atoms with E-state index in [4.69, 9.17) is 0 Å². The zero-order valence-electron chi connectivity index (χ0n) is 12.1. The molecule has 0 bridgehead atoms. The van der Waals surface area contributed by atoms with Crippen LogP contribution >= 0.6 is 12.4 Å². The van der Waals surface area contributed by atoms with Crippen molar-refractivity contribution in [1.29, 1.82) is 0 Å². The van der Waals surface area contributed by atoms with Crippen LogP contribution in [0.5, 0.6) is 0 Å². The van der Waals surface area contributed by atoms with Crippen LogP contribution in [0.3, 0.4) is 0 Å². The number of hydrogen-bond acceptors (Lipinski definition) is 2. The lowest BCUT2D eigenvalue weighted by Gasteiger charge is -2.28. The maximum atomic E-state index is 11.8. The van der Waals surface area contributed by atoms with Crippen molar-refractivity contribution in [3.8, 4) is 0 Å². The Hall–Kier alpha value is -0.280. The van der Waals surface area contributed by atoms with Crippen LogP contribution in [0, 0.1) is 17.8 Å². The average molecular weight is 289 g/mol. The molecule has 2 aliphatic rings. The molecular weight excluding hydrogens is 260 g/mol. The van der Waals surface area contributed by atoms with Gasteiger partial charge in [-0.3, -0.25) is 4.79 Å². The smallest absolute Gasteiger partial charge is 0.220 e. The lowest BCUT2D eigenvalue weighted by atomic mass is 9.80. The van der Waals surface area contributed by atoms with Crippen molar-refractivity contribution < 1.29 is 4.79 Å². The summed E-state index contributed by atoms with van der Waals surface area (Å²) in [5.74, 6) is 2.50. The third-order valence-corrected chi connectivity index (χ3v) is 4.79. The van der Waals surface area contributed by atoms with Crippen molar-refractivity contribution in [2.75, 3.05) is 19.6 Å². The second-order valence-corrected chi connectivity index (χ2v) is 6.22. The first-order valence-electron chi connectivity index (χ1n) is 7.73. The van der Waals surface area contributed by atoms with Crippen LogP contribution in [0.15, 0.2) is 0 Å². The van der Waals surface area contributed by atoms with Gasteiger partial charge in [0.1, 0.15) is 0 Å². The molecule has 4 heteroatoms. The average Bonchev–Trinajstić information content (AvgIpc) is 2.88. The summed E-state index contributed by atoms with van der Waals surface area (Å²) >= 11 is 0. The maximum absolute atomic E-state index is 11.8. The van der Waals surface area contributed by atoms with E-state index < -0.39 is 0 Å². The Morgan fingerprint density at radius 1 is 1.26 bits per heavy atom. The Morgan fingerprint density at radius 2 is 2.05 bits per heavy atom. The lowest BCUT2D eigenvalue weighted by Crippen LogP contribution is -2.33. The molecular formula is C15H29ClN2O. The van der Waals surface area contributed by atoms with Gasteiger partial charge in [0.25, 0.3) is 0 Å². The highest BCUT2D eigenvalue weighted by molar-refractivity contribution is 5.85. The van der Waals surface area contributed by atoms with Gasteiger partial charge in [0.05, 0.1) is 0 Å². The third kappa shape index (κ3) is 5.70. The van der Waals surface area contributed by atoms with Crippen molar-refractivity contribution in [3.05, 3.63) is 0 Å². The van der Waals surface area contributed by atoms with E-state index in [0.29, 0.717) is 6.42 Å². The Balaban J connectivity index is 0.00000180. The van der Waals surface area contributed by atoms with Gasteiger partial charge in [-0.15, -0.1) is 12.4 Å². The quantitative estimate of drug-likeness (QED) is 0.817. The number of carbonyl (C=O) groups is 1. The highest BCUT2D eigenvalue weighted by atomic mass is 35.5. The van der Waals surface area contributed by atoms with Crippen LogP contribution < -0.4 is 10.6 Å². The third-order valence-electron chi connectivity index (χ3n) is 4.79. The molecule has 2 fully saturated rings. The molecule has 3 nitrogen and oxygen atoms in total. The standard InChI is InChI=1S/C15H28N2O.ClH/c1-12-4-2-3-5-14(12)11-17-15(18)7-6-13-8-9-16-10-13;/h12-14,16H,2-11H2,1H3,(H,17,18);1H. The fraction of sp³-hybridized carbons (Fsp3) is 0.933. The van der Waals surface area contributed by atoms with E-state index in [1.807, 2.05) is 0 Å². The molecule has 1 saturated heterocycles. The normalized spacial score (nSPS) is 30.7. The van der Waals surface area contributed by atoms with Crippen molar-refractivity contribution in [3.63, 3.8) is 0 Å². The summed E-state index contributed by atoms with van der Waals surface area (Å²) in [6.07, 6.45) is 8.38. The molecule has 112 valence electrons. The predicted molar refractivity (Wildman–Crippen MR) is 81.6 cm³/mol. The van der Waals surface area contributed by atoms with Gasteiger partial charge >= 0.3 is 0 Å². The molecule has 2 rings (SSSR count). The number of rotatable bonds is 5. The van der Waals surface area contributed by atoms with Crippen molar-refractivity contribution in [1.82, 2.24) is 10.6 Å². The molecule has 0 aromatic heterocycles. The molecule has 3 atom stereocenters. The number of carbonyl (C=O) groups excluding carboxylic acids is 1. The zero-order valence-corrected chi connectivity index (χ0v) is 12.9. The number of halogens is 1. The molecule has 3 unspecified atom stereocenters. The van der Waals surface area contributed by atoms with Gasteiger partial charge in [0.2, 0.25) is 5.91 Å². The van der Waals surface area contributed by atoms with Gasteiger partial charge in [-0.2, -0.15) is 0 Å². The van der Waals surface area contributed by atoms with Gasteiger partial charge in [0.15, 0.2) is 0 Å². The van der Waals surface area contributed by atoms with E-state index in [2.05, 4.69) is 17.6 Å². The van der Waals surface area contributed by atoms with Crippen LogP contribution in [0.4, 0.5) is 0 Å². The molecule has 0 aromatic rings. The van der Waals surface area contributed by atoms with Crippen LogP contribution in [-0.4, -0.2) is 25.5 Å². The fourth-order valence-electron chi connectivity index (χ4n) is 3.33. The second-order valence-electron chi connectivity index (χ2n) is 6.22. The van der Waals surface area contributed by atoms with Crippen molar-refractivity contribution >= 4 is 18.3 Å². The van der Waals surface area contributed by atoms with E-state index >= 15 is 0 Å². The molecule has 0 spiro atoms. The summed E-state index contributed by atoms with van der Waals surface area (Å²) in [6, 6.07) is 0. The Bertz CT molecular complexity index is 267. The minimum atomic E-state index is 0. The van der Waals surface area contributed by atoms with Crippen molar-refractivity contribution in [2.45, 2.75) is 51.9 Å². The van der Waals surface area contributed by atoms with E-state index in [1.54, 1.807) is 0 Å². The largest absolute Gasteiger partial charge is 0.356 e. The number of amides is 1. The Labute approximate surface area is 123 Å². The number of hydrogen-bond donors (Lipinski definition) is 2. The summed E-state index contributed by atoms with van der Waals surface area (Å²) in [6.45, 7) is 5.47. The van der Waals surface area contributed by atoms with Gasteiger partial charge in [0, 0.05) is 13.0 Å². The Kier molecular flexibility index (Phi) is 7.77. The topological polar surface area (TPSA) is 41.1 Å². The molecule has 0 radical (unpaired) electrons. The predicted octanol–water partition coefficient (Wildman–Crippen LogP) is 2.74. The molecule has 1 heterocycles. The molecule has 19 heavy (non-hydrogen) atoms. The molecule has 0 aromatic carbocycles. The molecule has 2 N–H and O–H groups in total. The highest BCUT2D eigenvalue weighted by Crippen LogP contribution is 2.28. The van der Waals surface area contributed by atoms with E-state index in [9.17, 15) is 4.79 Å². The molecule has 1 aliphatic carbocycles. The van der Waals surface area contributed by atoms with E-state index in [-0.39, 0.29) is 18.3 Å². The lowest BCUT2D eigenvalue weighted by molar-refractivity contribution is -0.121. The molecule has 1 amide bonds. The molecule has 1 aliphatic heterocycles. The summed E-state index contributed by atoms with van der Waals surface area (Å²) < 4.78 is 0. The first-order chi connectivity index (χ1) is 8.75. The second kappa shape index (κ2) is 8.80. The van der Waals surface area contributed by atoms with E-state index in [1.165, 1.54) is 32.1 Å². The summed E-state index contributed by atoms with van der Waals surface area (Å²) in [4.78, 5) is 11.8. The zero-order chi connectivity index (χ0) is 12.8. The van der Waals surface area contributed by atoms with Crippen molar-refractivity contribution in [2.24, 2.45) is 17.8 Å². The van der Waals surface area contributed by atoms with Crippen LogP contribution in [0.25, 0.3) is 0 Å². The van der Waals surface area contributed by atoms with Gasteiger partial charge in [-0.1, -0.05) is 26.2 Å². The SMILES string of the molecule is CC1CCCCC1CNC(=O)CCC1CCNC1.Cl. The van der Waals surface area contributed by atoms with E-state index in [0.717, 1.165) is 43.8 Å². The minimum absolute atomic E-state index is 0. The monoisotopic (exact) mass is 288 g/mol. The first-order valence-corrected chi connectivity index (χ1v) is 7.73. The Morgan fingerprint density at radius 3 is 2.74 bits per heavy atom. The number of nitrogens with one attached hydrogen (secondary N) is 2. The molecule has 1 saturated carbocycles. The van der Waals surface area contributed by atoms with Crippen LogP contribution in [0.1, 0.15) is 51.9 Å². The van der Waals surface area contributed by atoms with Gasteiger partial charge in [-0.05, 0) is 50.1 Å².